The molecule has 0 aliphatic heterocycles. The van der Waals surface area contributed by atoms with E-state index >= 15 is 0 Å². The van der Waals surface area contributed by atoms with Crippen LogP contribution >= 0.6 is 22.6 Å². The molecule has 0 saturated carbocycles. The van der Waals surface area contributed by atoms with E-state index in [0.29, 0.717) is 21.5 Å². The van der Waals surface area contributed by atoms with Crippen LogP contribution in [0.25, 0.3) is 0 Å². The molecule has 0 N–H and O–H groups in total. The second kappa shape index (κ2) is 5.31. The third-order valence-electron chi connectivity index (χ3n) is 2.67. The van der Waals surface area contributed by atoms with E-state index < -0.39 is 0 Å². The first-order valence-electron chi connectivity index (χ1n) is 5.33. The van der Waals surface area contributed by atoms with Crippen LogP contribution < -0.4 is 5.56 Å². The number of rotatable bonds is 2. The van der Waals surface area contributed by atoms with E-state index in [9.17, 15) is 4.79 Å². The van der Waals surface area contributed by atoms with Crippen molar-refractivity contribution in [3.63, 3.8) is 0 Å². The number of aryl methyl sites for hydroxylation is 1. The number of nitriles is 1. The lowest BCUT2D eigenvalue weighted by atomic mass is 10.1. The van der Waals surface area contributed by atoms with Crippen molar-refractivity contribution >= 4 is 22.6 Å². The minimum Gasteiger partial charge on any atom is -0.291 e. The van der Waals surface area contributed by atoms with Crippen molar-refractivity contribution in [2.75, 3.05) is 0 Å². The Kier molecular flexibility index (Phi) is 3.77. The predicted octanol–water partition coefficient (Wildman–Crippen LogP) is 2.08. The highest BCUT2D eigenvalue weighted by atomic mass is 127. The van der Waals surface area contributed by atoms with Crippen molar-refractivity contribution in [2.45, 2.75) is 13.5 Å². The van der Waals surface area contributed by atoms with Gasteiger partial charge in [-0.25, -0.2) is 4.98 Å². The number of hydrogen-bond acceptors (Lipinski definition) is 3. The average molecular weight is 351 g/mol. The summed E-state index contributed by atoms with van der Waals surface area (Å²) in [5.74, 6) is 0.646. The van der Waals surface area contributed by atoms with Gasteiger partial charge in [0, 0.05) is 6.20 Å². The van der Waals surface area contributed by atoms with Crippen molar-refractivity contribution in [3.05, 3.63) is 61.3 Å². The van der Waals surface area contributed by atoms with Gasteiger partial charge in [0.25, 0.3) is 5.56 Å². The van der Waals surface area contributed by atoms with Gasteiger partial charge in [-0.3, -0.25) is 9.36 Å². The molecule has 1 heterocycles. The van der Waals surface area contributed by atoms with Crippen molar-refractivity contribution < 1.29 is 0 Å². The molecule has 0 fully saturated rings. The summed E-state index contributed by atoms with van der Waals surface area (Å²) >= 11 is 1.97. The molecule has 0 spiro atoms. The third-order valence-corrected chi connectivity index (χ3v) is 3.41. The van der Waals surface area contributed by atoms with Gasteiger partial charge in [0.15, 0.2) is 0 Å². The minimum atomic E-state index is -0.0733. The van der Waals surface area contributed by atoms with Crippen LogP contribution in [-0.2, 0) is 6.54 Å². The van der Waals surface area contributed by atoms with Gasteiger partial charge in [0.1, 0.15) is 5.82 Å². The standard InChI is InChI=1S/C13H10IN3O/c1-9-16-7-12(14)13(18)17(9)8-11-5-3-2-4-10(11)6-15/h2-5,7H,8H2,1H3. The zero-order valence-electron chi connectivity index (χ0n) is 9.72. The Morgan fingerprint density at radius 3 is 2.89 bits per heavy atom. The van der Waals surface area contributed by atoms with Gasteiger partial charge >= 0.3 is 0 Å². The summed E-state index contributed by atoms with van der Waals surface area (Å²) in [5.41, 5.74) is 1.34. The second-order valence-electron chi connectivity index (χ2n) is 3.81. The van der Waals surface area contributed by atoms with Gasteiger partial charge < -0.3 is 0 Å². The van der Waals surface area contributed by atoms with E-state index in [2.05, 4.69) is 11.1 Å². The van der Waals surface area contributed by atoms with E-state index in [1.165, 1.54) is 0 Å². The fraction of sp³-hybridized carbons (Fsp3) is 0.154. The molecule has 0 saturated heterocycles. The Labute approximate surface area is 118 Å². The number of halogens is 1. The molecule has 0 unspecified atom stereocenters. The first-order chi connectivity index (χ1) is 8.63. The molecule has 1 aromatic heterocycles. The summed E-state index contributed by atoms with van der Waals surface area (Å²) in [6, 6.07) is 9.40. The Balaban J connectivity index is 2.51. The normalized spacial score (nSPS) is 10.1. The number of aromatic nitrogens is 2. The summed E-state index contributed by atoms with van der Waals surface area (Å²) in [7, 11) is 0. The van der Waals surface area contributed by atoms with Crippen LogP contribution in [-0.4, -0.2) is 9.55 Å². The second-order valence-corrected chi connectivity index (χ2v) is 4.98. The van der Waals surface area contributed by atoms with E-state index in [1.807, 2.05) is 40.8 Å². The van der Waals surface area contributed by atoms with Crippen LogP contribution in [0.15, 0.2) is 35.3 Å². The molecule has 90 valence electrons. The molecule has 0 atom stereocenters. The van der Waals surface area contributed by atoms with E-state index in [-0.39, 0.29) is 5.56 Å². The fourth-order valence-corrected chi connectivity index (χ4v) is 2.11. The van der Waals surface area contributed by atoms with Gasteiger partial charge in [-0.05, 0) is 41.1 Å². The molecule has 0 aliphatic rings. The number of nitrogens with zero attached hydrogens (tertiary/aromatic N) is 3. The smallest absolute Gasteiger partial charge is 0.267 e. The maximum atomic E-state index is 12.0. The summed E-state index contributed by atoms with van der Waals surface area (Å²) in [5, 5.41) is 9.04. The quantitative estimate of drug-likeness (QED) is 0.779. The molecule has 2 aromatic rings. The highest BCUT2D eigenvalue weighted by molar-refractivity contribution is 14.1. The highest BCUT2D eigenvalue weighted by Crippen LogP contribution is 2.09. The Morgan fingerprint density at radius 2 is 2.17 bits per heavy atom. The number of benzene rings is 1. The van der Waals surface area contributed by atoms with Crippen LogP contribution in [0.5, 0.6) is 0 Å². The Morgan fingerprint density at radius 1 is 1.44 bits per heavy atom. The SMILES string of the molecule is Cc1ncc(I)c(=O)n1Cc1ccccc1C#N. The largest absolute Gasteiger partial charge is 0.291 e. The zero-order chi connectivity index (χ0) is 13.1. The summed E-state index contributed by atoms with van der Waals surface area (Å²) in [6.07, 6.45) is 1.56. The van der Waals surface area contributed by atoms with Crippen LogP contribution in [0.4, 0.5) is 0 Å². The van der Waals surface area contributed by atoms with Crippen LogP contribution in [0.2, 0.25) is 0 Å². The van der Waals surface area contributed by atoms with E-state index in [1.54, 1.807) is 23.8 Å². The van der Waals surface area contributed by atoms with Crippen LogP contribution in [0.3, 0.4) is 0 Å². The molecule has 0 amide bonds. The minimum absolute atomic E-state index is 0.0733. The molecule has 0 bridgehead atoms. The fourth-order valence-electron chi connectivity index (χ4n) is 1.67. The van der Waals surface area contributed by atoms with Crippen molar-refractivity contribution in [2.24, 2.45) is 0 Å². The zero-order valence-corrected chi connectivity index (χ0v) is 11.9. The molecule has 2 rings (SSSR count). The number of hydrogen-bond donors (Lipinski definition) is 0. The summed E-state index contributed by atoms with van der Waals surface area (Å²) in [4.78, 5) is 16.2. The van der Waals surface area contributed by atoms with E-state index in [0.717, 1.165) is 5.56 Å². The van der Waals surface area contributed by atoms with Gasteiger partial charge in [0.2, 0.25) is 0 Å². The van der Waals surface area contributed by atoms with E-state index in [4.69, 9.17) is 5.26 Å². The van der Waals surface area contributed by atoms with Crippen molar-refractivity contribution in [1.82, 2.24) is 9.55 Å². The lowest BCUT2D eigenvalue weighted by Gasteiger charge is -2.10. The van der Waals surface area contributed by atoms with Crippen molar-refractivity contribution in [1.29, 1.82) is 5.26 Å². The maximum absolute atomic E-state index is 12.0. The van der Waals surface area contributed by atoms with Crippen molar-refractivity contribution in [3.8, 4) is 6.07 Å². The molecule has 5 heteroatoms. The van der Waals surface area contributed by atoms with Gasteiger partial charge in [-0.2, -0.15) is 5.26 Å². The topological polar surface area (TPSA) is 58.7 Å². The Hall–Kier alpha value is -1.68. The first kappa shape index (κ1) is 12.8. The average Bonchev–Trinajstić information content (AvgIpc) is 2.39. The summed E-state index contributed by atoms with van der Waals surface area (Å²) < 4.78 is 2.16. The maximum Gasteiger partial charge on any atom is 0.267 e. The molecule has 18 heavy (non-hydrogen) atoms. The lowest BCUT2D eigenvalue weighted by molar-refractivity contribution is 0.694. The predicted molar refractivity (Wildman–Crippen MR) is 76.2 cm³/mol. The molecule has 1 aromatic carbocycles. The highest BCUT2D eigenvalue weighted by Gasteiger charge is 2.08. The third kappa shape index (κ3) is 2.43. The van der Waals surface area contributed by atoms with Crippen LogP contribution in [0.1, 0.15) is 17.0 Å². The lowest BCUT2D eigenvalue weighted by Crippen LogP contribution is -2.26. The van der Waals surface area contributed by atoms with Gasteiger partial charge in [-0.15, -0.1) is 0 Å². The molecular formula is C13H10IN3O. The van der Waals surface area contributed by atoms with Gasteiger partial charge in [-0.1, -0.05) is 18.2 Å². The molecule has 0 radical (unpaired) electrons. The molecule has 4 nitrogen and oxygen atoms in total. The van der Waals surface area contributed by atoms with Crippen LogP contribution in [0, 0.1) is 21.8 Å². The molecule has 0 aliphatic carbocycles. The molecular weight excluding hydrogens is 341 g/mol. The summed E-state index contributed by atoms with van der Waals surface area (Å²) in [6.45, 7) is 2.16. The monoisotopic (exact) mass is 351 g/mol. The first-order valence-corrected chi connectivity index (χ1v) is 6.41. The Bertz CT molecular complexity index is 685. The van der Waals surface area contributed by atoms with Gasteiger partial charge in [0.05, 0.1) is 21.7 Å².